The van der Waals surface area contributed by atoms with Gasteiger partial charge in [-0.15, -0.1) is 0 Å². The van der Waals surface area contributed by atoms with Gasteiger partial charge in [0.2, 0.25) is 11.8 Å². The number of hydrogen-bond acceptors (Lipinski definition) is 5. The molecule has 2 aromatic carbocycles. The van der Waals surface area contributed by atoms with Crippen LogP contribution in [-0.2, 0) is 9.53 Å². The maximum Gasteiger partial charge on any atom is 0.253 e. The van der Waals surface area contributed by atoms with E-state index >= 15 is 0 Å². The number of ether oxygens (including phenoxy) is 1. The highest BCUT2D eigenvalue weighted by Gasteiger charge is 2.32. The molecule has 2 amide bonds. The lowest BCUT2D eigenvalue weighted by Gasteiger charge is -2.37. The van der Waals surface area contributed by atoms with Gasteiger partial charge in [-0.1, -0.05) is 25.1 Å². The van der Waals surface area contributed by atoms with E-state index in [0.29, 0.717) is 62.3 Å². The summed E-state index contributed by atoms with van der Waals surface area (Å²) in [6.07, 6.45) is 1.68. The average Bonchev–Trinajstić information content (AvgIpc) is 3.32. The van der Waals surface area contributed by atoms with Crippen LogP contribution in [0.15, 0.2) is 52.9 Å². The summed E-state index contributed by atoms with van der Waals surface area (Å²) < 4.78 is 11.3. The van der Waals surface area contributed by atoms with Crippen molar-refractivity contribution < 1.29 is 18.7 Å². The third kappa shape index (κ3) is 4.50. The molecule has 0 bridgehead atoms. The Kier molecular flexibility index (Phi) is 6.13. The molecule has 7 nitrogen and oxygen atoms in total. The molecule has 0 spiro atoms. The van der Waals surface area contributed by atoms with Gasteiger partial charge in [-0.25, -0.2) is 4.98 Å². The second-order valence-corrected chi connectivity index (χ2v) is 8.92. The highest BCUT2D eigenvalue weighted by Crippen LogP contribution is 2.29. The summed E-state index contributed by atoms with van der Waals surface area (Å²) in [4.78, 5) is 34.3. The topological polar surface area (TPSA) is 75.9 Å². The minimum absolute atomic E-state index is 0.000157. The Balaban J connectivity index is 1.23. The van der Waals surface area contributed by atoms with Crippen LogP contribution in [0, 0.1) is 11.8 Å². The molecule has 0 aliphatic carbocycles. The number of rotatable bonds is 4. The van der Waals surface area contributed by atoms with Crippen molar-refractivity contribution in [1.82, 2.24) is 14.8 Å². The molecule has 3 aromatic rings. The molecule has 7 heteroatoms. The molecule has 1 atom stereocenters. The van der Waals surface area contributed by atoms with Gasteiger partial charge in [-0.2, -0.15) is 0 Å². The molecule has 3 heterocycles. The Morgan fingerprint density at radius 2 is 1.70 bits per heavy atom. The van der Waals surface area contributed by atoms with Gasteiger partial charge in [-0.3, -0.25) is 9.59 Å². The van der Waals surface area contributed by atoms with Gasteiger partial charge >= 0.3 is 0 Å². The minimum atomic E-state index is -0.0256. The third-order valence-electron chi connectivity index (χ3n) is 6.90. The van der Waals surface area contributed by atoms with Crippen molar-refractivity contribution in [1.29, 1.82) is 0 Å². The maximum atomic E-state index is 13.2. The number of hydrogen-bond donors (Lipinski definition) is 0. The Morgan fingerprint density at radius 1 is 0.970 bits per heavy atom. The van der Waals surface area contributed by atoms with Gasteiger partial charge < -0.3 is 19.0 Å². The first-order chi connectivity index (χ1) is 16.1. The summed E-state index contributed by atoms with van der Waals surface area (Å²) in [6.45, 7) is 5.94. The van der Waals surface area contributed by atoms with Crippen molar-refractivity contribution in [3.63, 3.8) is 0 Å². The fourth-order valence-electron chi connectivity index (χ4n) is 4.82. The molecule has 1 unspecified atom stereocenters. The zero-order valence-electron chi connectivity index (χ0n) is 18.9. The fraction of sp³-hybridized carbons (Fsp3) is 0.423. The average molecular weight is 448 g/mol. The lowest BCUT2D eigenvalue weighted by atomic mass is 9.84. The van der Waals surface area contributed by atoms with E-state index in [1.165, 1.54) is 0 Å². The van der Waals surface area contributed by atoms with E-state index in [4.69, 9.17) is 9.15 Å². The van der Waals surface area contributed by atoms with Crippen LogP contribution in [0.4, 0.5) is 0 Å². The molecule has 5 rings (SSSR count). The largest absolute Gasteiger partial charge is 0.436 e. The SMILES string of the molecule is CC(C(=O)N1CCOCC1)C1CCN(C(=O)c2ccc3nc(-c4ccccc4)oc3c2)CC1. The van der Waals surface area contributed by atoms with E-state index in [-0.39, 0.29) is 17.7 Å². The van der Waals surface area contributed by atoms with Crippen LogP contribution in [-0.4, -0.2) is 66.0 Å². The molecule has 2 fully saturated rings. The van der Waals surface area contributed by atoms with Crippen molar-refractivity contribution in [2.45, 2.75) is 19.8 Å². The van der Waals surface area contributed by atoms with Crippen LogP contribution < -0.4 is 0 Å². The number of aromatic nitrogens is 1. The number of carbonyl (C=O) groups is 2. The number of fused-ring (bicyclic) bond motifs is 1. The van der Waals surface area contributed by atoms with Gasteiger partial charge in [0.05, 0.1) is 13.2 Å². The Morgan fingerprint density at radius 3 is 2.42 bits per heavy atom. The lowest BCUT2D eigenvalue weighted by molar-refractivity contribution is -0.141. The molecule has 0 saturated carbocycles. The molecule has 2 saturated heterocycles. The zero-order valence-corrected chi connectivity index (χ0v) is 18.9. The van der Waals surface area contributed by atoms with Crippen LogP contribution in [0.2, 0.25) is 0 Å². The van der Waals surface area contributed by atoms with E-state index in [1.807, 2.05) is 59.2 Å². The number of benzene rings is 2. The monoisotopic (exact) mass is 447 g/mol. The molecule has 172 valence electrons. The van der Waals surface area contributed by atoms with Gasteiger partial charge in [0.25, 0.3) is 5.91 Å². The quantitative estimate of drug-likeness (QED) is 0.607. The fourth-order valence-corrected chi connectivity index (χ4v) is 4.82. The second-order valence-electron chi connectivity index (χ2n) is 8.92. The molecular formula is C26H29N3O4. The molecule has 0 N–H and O–H groups in total. The predicted octanol–water partition coefficient (Wildman–Crippen LogP) is 3.84. The van der Waals surface area contributed by atoms with Gasteiger partial charge in [-0.05, 0) is 49.1 Å². The second kappa shape index (κ2) is 9.35. The van der Waals surface area contributed by atoms with Crippen molar-refractivity contribution in [3.8, 4) is 11.5 Å². The van der Waals surface area contributed by atoms with Gasteiger partial charge in [0.1, 0.15) is 5.52 Å². The number of oxazole rings is 1. The molecule has 1 aromatic heterocycles. The summed E-state index contributed by atoms with van der Waals surface area (Å²) >= 11 is 0. The highest BCUT2D eigenvalue weighted by molar-refractivity contribution is 5.97. The van der Waals surface area contributed by atoms with Crippen LogP contribution in [0.3, 0.4) is 0 Å². The highest BCUT2D eigenvalue weighted by atomic mass is 16.5. The van der Waals surface area contributed by atoms with Crippen molar-refractivity contribution in [2.75, 3.05) is 39.4 Å². The normalized spacial score (nSPS) is 18.5. The Hall–Kier alpha value is -3.19. The number of morpholine rings is 1. The van der Waals surface area contributed by atoms with Crippen LogP contribution in [0.1, 0.15) is 30.1 Å². The number of piperidine rings is 1. The molecular weight excluding hydrogens is 418 g/mol. The van der Waals surface area contributed by atoms with Crippen molar-refractivity contribution in [2.24, 2.45) is 11.8 Å². The summed E-state index contributed by atoms with van der Waals surface area (Å²) in [5.74, 6) is 1.04. The van der Waals surface area contributed by atoms with Crippen LogP contribution in [0.25, 0.3) is 22.6 Å². The van der Waals surface area contributed by atoms with Crippen molar-refractivity contribution >= 4 is 22.9 Å². The minimum Gasteiger partial charge on any atom is -0.436 e. The van der Waals surface area contributed by atoms with E-state index in [9.17, 15) is 9.59 Å². The van der Waals surface area contributed by atoms with Crippen LogP contribution >= 0.6 is 0 Å². The van der Waals surface area contributed by atoms with E-state index < -0.39 is 0 Å². The number of likely N-dealkylation sites (tertiary alicyclic amines) is 1. The summed E-state index contributed by atoms with van der Waals surface area (Å²) in [5.41, 5.74) is 2.86. The first-order valence-corrected chi connectivity index (χ1v) is 11.7. The van der Waals surface area contributed by atoms with E-state index in [0.717, 1.165) is 23.9 Å². The molecule has 33 heavy (non-hydrogen) atoms. The van der Waals surface area contributed by atoms with Gasteiger partial charge in [0.15, 0.2) is 5.58 Å². The summed E-state index contributed by atoms with van der Waals surface area (Å²) in [7, 11) is 0. The number of amides is 2. The maximum absolute atomic E-state index is 13.2. The van der Waals surface area contributed by atoms with Gasteiger partial charge in [0, 0.05) is 43.2 Å². The Bertz CT molecular complexity index is 1130. The summed E-state index contributed by atoms with van der Waals surface area (Å²) in [6, 6.07) is 15.2. The number of nitrogens with zero attached hydrogens (tertiary/aromatic N) is 3. The molecule has 0 radical (unpaired) electrons. The van der Waals surface area contributed by atoms with E-state index in [2.05, 4.69) is 4.98 Å². The van der Waals surface area contributed by atoms with Crippen molar-refractivity contribution in [3.05, 3.63) is 54.1 Å². The lowest BCUT2D eigenvalue weighted by Crippen LogP contribution is -2.47. The standard InChI is InChI=1S/C26H29N3O4/c1-18(25(30)29-13-15-32-16-14-29)19-9-11-28(12-10-19)26(31)21-7-8-22-23(17-21)33-24(27-22)20-5-3-2-4-6-20/h2-8,17-19H,9-16H2,1H3. The predicted molar refractivity (Wildman–Crippen MR) is 125 cm³/mol. The molecule has 2 aliphatic rings. The van der Waals surface area contributed by atoms with E-state index in [1.54, 1.807) is 6.07 Å². The van der Waals surface area contributed by atoms with Crippen LogP contribution in [0.5, 0.6) is 0 Å². The zero-order chi connectivity index (χ0) is 22.8. The summed E-state index contributed by atoms with van der Waals surface area (Å²) in [5, 5.41) is 0. The first-order valence-electron chi connectivity index (χ1n) is 11.7. The third-order valence-corrected chi connectivity index (χ3v) is 6.90. The molecule has 2 aliphatic heterocycles. The smallest absolute Gasteiger partial charge is 0.253 e. The first kappa shape index (κ1) is 21.6. The number of carbonyl (C=O) groups excluding carboxylic acids is 2. The Labute approximate surface area is 193 Å².